The van der Waals surface area contributed by atoms with Crippen molar-refractivity contribution in [3.05, 3.63) is 65.4 Å². The molecule has 0 bridgehead atoms. The summed E-state index contributed by atoms with van der Waals surface area (Å²) in [6, 6.07) is 13.0. The van der Waals surface area contributed by atoms with Crippen LogP contribution in [0, 0.1) is 0 Å². The molecule has 152 valence electrons. The lowest BCUT2D eigenvalue weighted by molar-refractivity contribution is -0.126. The topological polar surface area (TPSA) is 71.5 Å². The first-order chi connectivity index (χ1) is 13.9. The van der Waals surface area contributed by atoms with Gasteiger partial charge in [-0.15, -0.1) is 11.8 Å². The number of anilines is 1. The molecule has 2 amide bonds. The van der Waals surface area contributed by atoms with Crippen LogP contribution >= 0.6 is 11.8 Å². The van der Waals surface area contributed by atoms with Gasteiger partial charge in [0, 0.05) is 18.3 Å². The van der Waals surface area contributed by atoms with E-state index in [4.69, 9.17) is 4.74 Å². The first kappa shape index (κ1) is 20.9. The molecule has 1 aromatic carbocycles. The van der Waals surface area contributed by atoms with E-state index in [0.717, 1.165) is 22.5 Å². The number of nitrogens with one attached hydrogen (secondary N) is 1. The van der Waals surface area contributed by atoms with Crippen molar-refractivity contribution in [2.45, 2.75) is 37.9 Å². The molecule has 0 fully saturated rings. The molecule has 6 nitrogen and oxygen atoms in total. The maximum absolute atomic E-state index is 12.8. The highest BCUT2D eigenvalue weighted by atomic mass is 32.2. The van der Waals surface area contributed by atoms with Gasteiger partial charge in [-0.3, -0.25) is 9.59 Å². The van der Waals surface area contributed by atoms with Crippen LogP contribution in [0.1, 0.15) is 26.3 Å². The molecule has 0 radical (unpaired) electrons. The number of aromatic nitrogens is 1. The third kappa shape index (κ3) is 4.79. The van der Waals surface area contributed by atoms with E-state index in [1.165, 1.54) is 11.8 Å². The largest absolute Gasteiger partial charge is 0.497 e. The van der Waals surface area contributed by atoms with Gasteiger partial charge in [-0.2, -0.15) is 0 Å². The molecule has 29 heavy (non-hydrogen) atoms. The van der Waals surface area contributed by atoms with Crippen LogP contribution in [0.5, 0.6) is 5.75 Å². The molecule has 7 heteroatoms. The van der Waals surface area contributed by atoms with Crippen LogP contribution in [0.2, 0.25) is 0 Å². The highest BCUT2D eigenvalue weighted by molar-refractivity contribution is 8.01. The van der Waals surface area contributed by atoms with Crippen LogP contribution in [0.25, 0.3) is 0 Å². The third-order valence-corrected chi connectivity index (χ3v) is 6.45. The third-order valence-electron chi connectivity index (χ3n) is 4.96. The minimum absolute atomic E-state index is 0.00755. The number of carbonyl (C=O) groups is 2. The van der Waals surface area contributed by atoms with E-state index in [-0.39, 0.29) is 22.4 Å². The fourth-order valence-corrected chi connectivity index (χ4v) is 4.35. The summed E-state index contributed by atoms with van der Waals surface area (Å²) in [7, 11) is 1.62. The summed E-state index contributed by atoms with van der Waals surface area (Å²) in [4.78, 5) is 31.4. The Morgan fingerprint density at radius 3 is 2.59 bits per heavy atom. The van der Waals surface area contributed by atoms with Crippen molar-refractivity contribution in [1.82, 2.24) is 9.88 Å². The number of pyridine rings is 1. The Kier molecular flexibility index (Phi) is 6.59. The summed E-state index contributed by atoms with van der Waals surface area (Å²) in [5.41, 5.74) is 2.75. The van der Waals surface area contributed by atoms with E-state index >= 15 is 0 Å². The summed E-state index contributed by atoms with van der Waals surface area (Å²) in [6.07, 6.45) is 1.63. The van der Waals surface area contributed by atoms with Crippen LogP contribution in [-0.2, 0) is 16.1 Å². The van der Waals surface area contributed by atoms with E-state index in [2.05, 4.69) is 10.3 Å². The van der Waals surface area contributed by atoms with E-state index in [1.54, 1.807) is 25.4 Å². The first-order valence-corrected chi connectivity index (χ1v) is 10.3. The van der Waals surface area contributed by atoms with Gasteiger partial charge < -0.3 is 15.0 Å². The minimum Gasteiger partial charge on any atom is -0.497 e. The molecule has 2 heterocycles. The summed E-state index contributed by atoms with van der Waals surface area (Å²) in [5, 5.41) is 2.29. The Hall–Kier alpha value is -2.80. The zero-order valence-corrected chi connectivity index (χ0v) is 17.8. The summed E-state index contributed by atoms with van der Waals surface area (Å²) in [6.45, 7) is 6.13. The lowest BCUT2D eigenvalue weighted by Crippen LogP contribution is -2.35. The van der Waals surface area contributed by atoms with Gasteiger partial charge in [0.2, 0.25) is 5.91 Å². The molecule has 1 aromatic heterocycles. The summed E-state index contributed by atoms with van der Waals surface area (Å²) >= 11 is 1.47. The molecule has 2 atom stereocenters. The molecular weight excluding hydrogens is 386 g/mol. The first-order valence-electron chi connectivity index (χ1n) is 9.39. The van der Waals surface area contributed by atoms with E-state index < -0.39 is 0 Å². The molecule has 0 saturated carbocycles. The molecule has 1 N–H and O–H groups in total. The van der Waals surface area contributed by atoms with Gasteiger partial charge in [0.25, 0.3) is 5.91 Å². The second-order valence-corrected chi connectivity index (χ2v) is 8.35. The number of hydrogen-bond acceptors (Lipinski definition) is 5. The Balaban J connectivity index is 1.71. The number of amides is 2. The molecule has 0 saturated heterocycles. The Morgan fingerprint density at radius 1 is 1.24 bits per heavy atom. The predicted molar refractivity (Wildman–Crippen MR) is 116 cm³/mol. The second-order valence-electron chi connectivity index (χ2n) is 6.92. The fourth-order valence-electron chi connectivity index (χ4n) is 3.09. The van der Waals surface area contributed by atoms with Crippen LogP contribution in [0.4, 0.5) is 5.82 Å². The van der Waals surface area contributed by atoms with E-state index in [0.29, 0.717) is 12.4 Å². The number of nitrogens with zero attached hydrogens (tertiary/aromatic N) is 2. The molecule has 2 aromatic rings. The van der Waals surface area contributed by atoms with Crippen LogP contribution in [0.15, 0.2) is 59.8 Å². The number of thioether (sulfide) groups is 1. The van der Waals surface area contributed by atoms with Crippen LogP contribution < -0.4 is 10.1 Å². The minimum atomic E-state index is -0.353. The van der Waals surface area contributed by atoms with Crippen molar-refractivity contribution in [2.24, 2.45) is 0 Å². The van der Waals surface area contributed by atoms with Gasteiger partial charge in [0.05, 0.1) is 12.4 Å². The van der Waals surface area contributed by atoms with E-state index in [1.807, 2.05) is 56.0 Å². The predicted octanol–water partition coefficient (Wildman–Crippen LogP) is 3.86. The second kappa shape index (κ2) is 9.13. The Morgan fingerprint density at radius 2 is 1.97 bits per heavy atom. The summed E-state index contributed by atoms with van der Waals surface area (Å²) in [5.74, 6) is 1.17. The number of benzene rings is 1. The average Bonchev–Trinajstić information content (AvgIpc) is 2.93. The molecule has 1 aliphatic rings. The smallest absolute Gasteiger partial charge is 0.251 e. The Bertz CT molecular complexity index is 913. The molecule has 1 aliphatic heterocycles. The standard InChI is InChI=1S/C22H25N3O3S/c1-14-15(2)22(29-16(3)20(26)24-19-7-5-6-12-23-19)25(21(14)27)13-17-8-10-18(28-4)11-9-17/h5-12,16,22H,13H2,1-4H3,(H,23,24,26). The number of rotatable bonds is 7. The highest BCUT2D eigenvalue weighted by Crippen LogP contribution is 2.36. The molecule has 2 unspecified atom stereocenters. The normalized spacial score (nSPS) is 17.4. The van der Waals surface area contributed by atoms with E-state index in [9.17, 15) is 9.59 Å². The molecule has 3 rings (SSSR count). The van der Waals surface area contributed by atoms with Crippen LogP contribution in [-0.4, -0.2) is 39.4 Å². The van der Waals surface area contributed by atoms with Crippen molar-refractivity contribution in [1.29, 1.82) is 0 Å². The lowest BCUT2D eigenvalue weighted by atomic mass is 10.2. The molecular formula is C22H25N3O3S. The lowest BCUT2D eigenvalue weighted by Gasteiger charge is -2.28. The van der Waals surface area contributed by atoms with Crippen molar-refractivity contribution < 1.29 is 14.3 Å². The maximum atomic E-state index is 12.8. The molecule has 0 spiro atoms. The van der Waals surface area contributed by atoms with Crippen molar-refractivity contribution in [2.75, 3.05) is 12.4 Å². The Labute approximate surface area is 175 Å². The van der Waals surface area contributed by atoms with Gasteiger partial charge in [-0.05, 0) is 56.2 Å². The van der Waals surface area contributed by atoms with Gasteiger partial charge >= 0.3 is 0 Å². The monoisotopic (exact) mass is 411 g/mol. The number of carbonyl (C=O) groups excluding carboxylic acids is 2. The number of ether oxygens (including phenoxy) is 1. The van der Waals surface area contributed by atoms with Gasteiger partial charge in [0.15, 0.2) is 0 Å². The van der Waals surface area contributed by atoms with Crippen molar-refractivity contribution in [3.8, 4) is 5.75 Å². The van der Waals surface area contributed by atoms with Crippen molar-refractivity contribution >= 4 is 29.4 Å². The van der Waals surface area contributed by atoms with Gasteiger partial charge in [-0.25, -0.2) is 4.98 Å². The average molecular weight is 412 g/mol. The highest BCUT2D eigenvalue weighted by Gasteiger charge is 2.37. The van der Waals surface area contributed by atoms with Gasteiger partial charge in [0.1, 0.15) is 16.9 Å². The maximum Gasteiger partial charge on any atom is 0.251 e. The van der Waals surface area contributed by atoms with Gasteiger partial charge in [-0.1, -0.05) is 18.2 Å². The fraction of sp³-hybridized carbons (Fsp3) is 0.318. The zero-order valence-electron chi connectivity index (χ0n) is 17.0. The quantitative estimate of drug-likeness (QED) is 0.749. The summed E-state index contributed by atoms with van der Waals surface area (Å²) < 4.78 is 5.20. The number of methoxy groups -OCH3 is 1. The SMILES string of the molecule is COc1ccc(CN2C(=O)C(C)=C(C)C2SC(C)C(=O)Nc2ccccn2)cc1. The molecule has 0 aliphatic carbocycles. The van der Waals surface area contributed by atoms with Crippen molar-refractivity contribution in [3.63, 3.8) is 0 Å². The number of hydrogen-bond donors (Lipinski definition) is 1. The van der Waals surface area contributed by atoms with Crippen LogP contribution in [0.3, 0.4) is 0 Å². The zero-order chi connectivity index (χ0) is 21.0.